The van der Waals surface area contributed by atoms with Crippen molar-refractivity contribution in [3.05, 3.63) is 53.4 Å². The first-order chi connectivity index (χ1) is 16.6. The van der Waals surface area contributed by atoms with Crippen LogP contribution in [0.2, 0.25) is 0 Å². The van der Waals surface area contributed by atoms with Crippen LogP contribution in [0.25, 0.3) is 11.7 Å². The Balaban J connectivity index is 1.47. The summed E-state index contributed by atoms with van der Waals surface area (Å²) in [6, 6.07) is 5.72. The summed E-state index contributed by atoms with van der Waals surface area (Å²) < 4.78 is 42.9. The highest BCUT2D eigenvalue weighted by atomic mass is 19.4. The zero-order chi connectivity index (χ0) is 24.7. The van der Waals surface area contributed by atoms with Crippen molar-refractivity contribution >= 4 is 41.2 Å². The Morgan fingerprint density at radius 2 is 2.00 bits per heavy atom. The van der Waals surface area contributed by atoms with E-state index in [9.17, 15) is 27.6 Å². The largest absolute Gasteiger partial charge is 0.573 e. The Kier molecular flexibility index (Phi) is 5.26. The van der Waals surface area contributed by atoms with Crippen molar-refractivity contribution in [3.8, 4) is 5.75 Å². The second-order valence-corrected chi connectivity index (χ2v) is 7.78. The number of nitrogens with one attached hydrogen (secondary N) is 4. The SMILES string of the molecule is O=C1NC(=O)/C(=C/c2cnn3c(NC4CC4)cc(NC(=O)c4cccc(OC(F)(F)F)c4)nc23)N1. The predicted octanol–water partition coefficient (Wildman–Crippen LogP) is 2.63. The number of imide groups is 1. The molecule has 0 unspecified atom stereocenters. The number of hydrogen-bond donors (Lipinski definition) is 4. The van der Waals surface area contributed by atoms with Crippen molar-refractivity contribution in [2.45, 2.75) is 25.2 Å². The fourth-order valence-electron chi connectivity index (χ4n) is 3.35. The summed E-state index contributed by atoms with van der Waals surface area (Å²) in [7, 11) is 0. The number of alkyl halides is 3. The molecule has 11 nitrogen and oxygen atoms in total. The number of ether oxygens (including phenoxy) is 1. The highest BCUT2D eigenvalue weighted by Crippen LogP contribution is 2.28. The molecule has 4 amide bonds. The van der Waals surface area contributed by atoms with Crippen molar-refractivity contribution < 1.29 is 32.3 Å². The number of urea groups is 1. The zero-order valence-corrected chi connectivity index (χ0v) is 17.6. The van der Waals surface area contributed by atoms with Crippen LogP contribution in [-0.2, 0) is 4.79 Å². The first kappa shape index (κ1) is 22.2. The number of hydrogen-bond acceptors (Lipinski definition) is 7. The van der Waals surface area contributed by atoms with E-state index < -0.39 is 30.0 Å². The van der Waals surface area contributed by atoms with Gasteiger partial charge < -0.3 is 20.7 Å². The van der Waals surface area contributed by atoms with E-state index in [-0.39, 0.29) is 28.8 Å². The van der Waals surface area contributed by atoms with Gasteiger partial charge in [0.25, 0.3) is 11.8 Å². The standard InChI is InChI=1S/C21H16F3N7O4/c22-21(23,24)35-13-3-1-2-10(6-13)18(32)29-15-8-16(26-12-4-5-12)31-17(28-15)11(9-25-31)7-14-19(33)30-20(34)27-14/h1-3,6-9,12,26H,4-5H2,(H,28,29,32)(H2,27,30,33,34)/b14-7-. The molecule has 3 heterocycles. The van der Waals surface area contributed by atoms with E-state index in [1.165, 1.54) is 35.0 Å². The van der Waals surface area contributed by atoms with Gasteiger partial charge in [-0.15, -0.1) is 13.2 Å². The van der Waals surface area contributed by atoms with Gasteiger partial charge in [0.1, 0.15) is 23.1 Å². The summed E-state index contributed by atoms with van der Waals surface area (Å²) in [5.41, 5.74) is 0.569. The Morgan fingerprint density at radius 3 is 2.69 bits per heavy atom. The molecule has 0 atom stereocenters. The second-order valence-electron chi connectivity index (χ2n) is 7.78. The Labute approximate surface area is 194 Å². The van der Waals surface area contributed by atoms with Crippen molar-refractivity contribution in [1.29, 1.82) is 0 Å². The highest BCUT2D eigenvalue weighted by Gasteiger charge is 2.31. The van der Waals surface area contributed by atoms with Crippen LogP contribution in [0, 0.1) is 0 Å². The third-order valence-electron chi connectivity index (χ3n) is 5.02. The van der Waals surface area contributed by atoms with Crippen LogP contribution in [-0.4, -0.2) is 44.8 Å². The van der Waals surface area contributed by atoms with Crippen molar-refractivity contribution in [2.75, 3.05) is 10.6 Å². The molecule has 14 heteroatoms. The molecule has 0 spiro atoms. The molecule has 1 saturated heterocycles. The molecule has 0 bridgehead atoms. The monoisotopic (exact) mass is 487 g/mol. The van der Waals surface area contributed by atoms with Gasteiger partial charge in [0.05, 0.1) is 6.20 Å². The Morgan fingerprint density at radius 1 is 1.20 bits per heavy atom. The van der Waals surface area contributed by atoms with E-state index in [0.717, 1.165) is 25.0 Å². The number of nitrogens with zero attached hydrogens (tertiary/aromatic N) is 3. The van der Waals surface area contributed by atoms with Gasteiger partial charge in [-0.3, -0.25) is 14.9 Å². The molecular formula is C21H16F3N7O4. The molecule has 35 heavy (non-hydrogen) atoms. The summed E-state index contributed by atoms with van der Waals surface area (Å²) in [4.78, 5) is 40.4. The molecule has 5 rings (SSSR count). The number of benzene rings is 1. The predicted molar refractivity (Wildman–Crippen MR) is 115 cm³/mol. The maximum Gasteiger partial charge on any atom is 0.573 e. The lowest BCUT2D eigenvalue weighted by molar-refractivity contribution is -0.274. The van der Waals surface area contributed by atoms with Crippen molar-refractivity contribution in [3.63, 3.8) is 0 Å². The molecule has 2 fully saturated rings. The van der Waals surface area contributed by atoms with Crippen LogP contribution in [0.5, 0.6) is 5.75 Å². The molecule has 0 radical (unpaired) electrons. The third-order valence-corrected chi connectivity index (χ3v) is 5.02. The van der Waals surface area contributed by atoms with Crippen LogP contribution >= 0.6 is 0 Å². The van der Waals surface area contributed by atoms with E-state index >= 15 is 0 Å². The van der Waals surface area contributed by atoms with Gasteiger partial charge in [-0.1, -0.05) is 6.07 Å². The molecular weight excluding hydrogens is 471 g/mol. The molecule has 2 aliphatic rings. The van der Waals surface area contributed by atoms with Gasteiger partial charge in [-0.05, 0) is 37.1 Å². The zero-order valence-electron chi connectivity index (χ0n) is 17.6. The summed E-state index contributed by atoms with van der Waals surface area (Å²) >= 11 is 0. The minimum atomic E-state index is -4.90. The first-order valence-electron chi connectivity index (χ1n) is 10.3. The maximum atomic E-state index is 12.8. The number of carbonyl (C=O) groups excluding carboxylic acids is 3. The lowest BCUT2D eigenvalue weighted by atomic mass is 10.2. The molecule has 1 aliphatic carbocycles. The molecule has 1 aliphatic heterocycles. The average molecular weight is 487 g/mol. The quantitative estimate of drug-likeness (QED) is 0.310. The number of carbonyl (C=O) groups is 3. The van der Waals surface area contributed by atoms with E-state index in [1.54, 1.807) is 0 Å². The highest BCUT2D eigenvalue weighted by molar-refractivity contribution is 6.14. The van der Waals surface area contributed by atoms with Gasteiger partial charge in [0.2, 0.25) is 0 Å². The molecule has 4 N–H and O–H groups in total. The maximum absolute atomic E-state index is 12.8. The molecule has 1 saturated carbocycles. The second kappa shape index (κ2) is 8.30. The topological polar surface area (TPSA) is 139 Å². The molecule has 2 aromatic heterocycles. The van der Waals surface area contributed by atoms with Crippen LogP contribution in [0.15, 0.2) is 42.2 Å². The summed E-state index contributed by atoms with van der Waals surface area (Å²) in [5, 5.41) is 14.6. The number of amides is 4. The van der Waals surface area contributed by atoms with Gasteiger partial charge in [-0.25, -0.2) is 9.78 Å². The van der Waals surface area contributed by atoms with Gasteiger partial charge in [-0.2, -0.15) is 9.61 Å². The number of fused-ring (bicyclic) bond motifs is 1. The van der Waals surface area contributed by atoms with Gasteiger partial charge in [0.15, 0.2) is 5.65 Å². The van der Waals surface area contributed by atoms with E-state index in [2.05, 4.69) is 36.1 Å². The van der Waals surface area contributed by atoms with Crippen LogP contribution in [0.1, 0.15) is 28.8 Å². The average Bonchev–Trinajstić information content (AvgIpc) is 3.41. The first-order valence-corrected chi connectivity index (χ1v) is 10.3. The van der Waals surface area contributed by atoms with Crippen molar-refractivity contribution in [1.82, 2.24) is 25.2 Å². The smallest absolute Gasteiger partial charge is 0.406 e. The van der Waals surface area contributed by atoms with Crippen LogP contribution in [0.3, 0.4) is 0 Å². The van der Waals surface area contributed by atoms with Crippen molar-refractivity contribution in [2.24, 2.45) is 0 Å². The Hall–Kier alpha value is -4.62. The summed E-state index contributed by atoms with van der Waals surface area (Å²) in [6.45, 7) is 0. The summed E-state index contributed by atoms with van der Waals surface area (Å²) in [5.74, 6) is -1.27. The van der Waals surface area contributed by atoms with Gasteiger partial charge in [0, 0.05) is 23.2 Å². The summed E-state index contributed by atoms with van der Waals surface area (Å²) in [6.07, 6.45) is -0.174. The lowest BCUT2D eigenvalue weighted by Crippen LogP contribution is -2.22. The van der Waals surface area contributed by atoms with Gasteiger partial charge >= 0.3 is 12.4 Å². The Bertz CT molecular complexity index is 1400. The fourth-order valence-corrected chi connectivity index (χ4v) is 3.35. The van der Waals surface area contributed by atoms with Crippen LogP contribution < -0.4 is 26.0 Å². The fraction of sp³-hybridized carbons (Fsp3) is 0.190. The van der Waals surface area contributed by atoms with E-state index in [1.807, 2.05) is 0 Å². The number of aromatic nitrogens is 3. The molecule has 1 aromatic carbocycles. The number of halogens is 3. The minimum absolute atomic E-state index is 0.000629. The van der Waals surface area contributed by atoms with Crippen LogP contribution in [0.4, 0.5) is 29.6 Å². The van der Waals surface area contributed by atoms with E-state index in [0.29, 0.717) is 11.4 Å². The van der Waals surface area contributed by atoms with E-state index in [4.69, 9.17) is 0 Å². The number of anilines is 2. The normalized spacial score (nSPS) is 16.8. The number of rotatable bonds is 6. The molecule has 3 aromatic rings. The lowest BCUT2D eigenvalue weighted by Gasteiger charge is -2.12. The molecule has 180 valence electrons. The minimum Gasteiger partial charge on any atom is -0.406 e. The third kappa shape index (κ3) is 5.00.